The molecule has 0 bridgehead atoms. The Morgan fingerprint density at radius 2 is 1.97 bits per heavy atom. The quantitative estimate of drug-likeness (QED) is 0.508. The fraction of sp³-hybridized carbons (Fsp3) is 0.200. The highest BCUT2D eigenvalue weighted by atomic mass is 32.2. The van der Waals surface area contributed by atoms with Crippen LogP contribution in [-0.2, 0) is 16.2 Å². The molecular weight excluding hydrogens is 415 g/mol. The minimum atomic E-state index is -4.68. The van der Waals surface area contributed by atoms with Gasteiger partial charge in [-0.3, -0.25) is 0 Å². The van der Waals surface area contributed by atoms with Gasteiger partial charge in [-0.1, -0.05) is 0 Å². The van der Waals surface area contributed by atoms with Crippen LogP contribution in [0.25, 0.3) is 5.82 Å². The van der Waals surface area contributed by atoms with Crippen molar-refractivity contribution in [1.29, 1.82) is 0 Å². The first-order valence-electron chi connectivity index (χ1n) is 7.98. The largest absolute Gasteiger partial charge is 0.421 e. The van der Waals surface area contributed by atoms with Gasteiger partial charge in [-0.2, -0.15) is 23.3 Å². The van der Waals surface area contributed by atoms with Crippen LogP contribution < -0.4 is 10.0 Å². The molecule has 0 amide bonds. The lowest BCUT2D eigenvalue weighted by molar-refractivity contribution is -0.138. The van der Waals surface area contributed by atoms with Gasteiger partial charge in [-0.25, -0.2) is 27.8 Å². The fourth-order valence-electron chi connectivity index (χ4n) is 2.20. The maximum Gasteiger partial charge on any atom is 0.421 e. The van der Waals surface area contributed by atoms with Crippen LogP contribution in [0.5, 0.6) is 0 Å². The van der Waals surface area contributed by atoms with Crippen LogP contribution in [0.15, 0.2) is 48.0 Å². The van der Waals surface area contributed by atoms with E-state index in [0.29, 0.717) is 6.20 Å². The number of aromatic nitrogens is 5. The van der Waals surface area contributed by atoms with E-state index in [-0.39, 0.29) is 29.8 Å². The molecular formula is C15H14F3N7O3S. The van der Waals surface area contributed by atoms with E-state index >= 15 is 0 Å². The molecule has 0 saturated carbocycles. The number of alkyl halides is 3. The lowest BCUT2D eigenvalue weighted by Gasteiger charge is -2.13. The standard InChI is InChI=1S/C15H14F3N7O3S/c16-15(17,18)11-9-20-14(24-13(11)25-6-1-4-21-25)23-10-2-3-12(19-8-10)29(27,28)22-5-7-26/h1-4,6,8-9,22,26H,5,7H2,(H,20,23,24). The van der Waals surface area contributed by atoms with Crippen molar-refractivity contribution in [1.82, 2.24) is 29.5 Å². The second kappa shape index (κ2) is 8.10. The van der Waals surface area contributed by atoms with Crippen LogP contribution >= 0.6 is 0 Å². The Hall–Kier alpha value is -3.10. The molecule has 0 radical (unpaired) electrons. The van der Waals surface area contributed by atoms with Crippen molar-refractivity contribution in [3.8, 4) is 5.82 Å². The van der Waals surface area contributed by atoms with Crippen LogP contribution in [0, 0.1) is 0 Å². The van der Waals surface area contributed by atoms with Gasteiger partial charge >= 0.3 is 6.18 Å². The van der Waals surface area contributed by atoms with Gasteiger partial charge in [0.05, 0.1) is 18.5 Å². The molecule has 0 aliphatic heterocycles. The van der Waals surface area contributed by atoms with Gasteiger partial charge in [0.25, 0.3) is 10.0 Å². The van der Waals surface area contributed by atoms with Gasteiger partial charge in [0, 0.05) is 25.1 Å². The zero-order valence-electron chi connectivity index (χ0n) is 14.5. The Labute approximate surface area is 162 Å². The fourth-order valence-corrected chi connectivity index (χ4v) is 3.14. The summed E-state index contributed by atoms with van der Waals surface area (Å²) in [7, 11) is -3.89. The second-order valence-electron chi connectivity index (χ2n) is 5.51. The molecule has 3 aromatic heterocycles. The lowest BCUT2D eigenvalue weighted by atomic mass is 10.3. The summed E-state index contributed by atoms with van der Waals surface area (Å²) >= 11 is 0. The molecule has 14 heteroatoms. The highest BCUT2D eigenvalue weighted by Crippen LogP contribution is 2.33. The van der Waals surface area contributed by atoms with Crippen LogP contribution in [-0.4, -0.2) is 51.4 Å². The summed E-state index contributed by atoms with van der Waals surface area (Å²) in [5, 5.41) is 14.8. The third-order valence-corrected chi connectivity index (χ3v) is 4.84. The van der Waals surface area contributed by atoms with E-state index in [1.165, 1.54) is 30.6 Å². The Morgan fingerprint density at radius 3 is 2.55 bits per heavy atom. The zero-order valence-corrected chi connectivity index (χ0v) is 15.3. The summed E-state index contributed by atoms with van der Waals surface area (Å²) in [6.07, 6.45) is -0.288. The molecule has 0 atom stereocenters. The van der Waals surface area contributed by atoms with E-state index in [2.05, 4.69) is 30.1 Å². The number of rotatable bonds is 7. The number of hydrogen-bond acceptors (Lipinski definition) is 8. The number of sulfonamides is 1. The summed E-state index contributed by atoms with van der Waals surface area (Å²) in [4.78, 5) is 11.3. The number of nitrogens with zero attached hydrogens (tertiary/aromatic N) is 5. The molecule has 0 fully saturated rings. The Kier molecular flexibility index (Phi) is 5.76. The van der Waals surface area contributed by atoms with Crippen molar-refractivity contribution in [3.63, 3.8) is 0 Å². The van der Waals surface area contributed by atoms with Crippen molar-refractivity contribution in [2.45, 2.75) is 11.2 Å². The molecule has 0 saturated heterocycles. The van der Waals surface area contributed by atoms with Gasteiger partial charge in [0.15, 0.2) is 10.8 Å². The highest BCUT2D eigenvalue weighted by Gasteiger charge is 2.36. The maximum absolute atomic E-state index is 13.2. The first kappa shape index (κ1) is 20.6. The van der Waals surface area contributed by atoms with E-state index in [4.69, 9.17) is 5.11 Å². The average Bonchev–Trinajstić information content (AvgIpc) is 3.21. The third kappa shape index (κ3) is 4.85. The normalized spacial score (nSPS) is 12.1. The summed E-state index contributed by atoms with van der Waals surface area (Å²) in [5.74, 6) is -0.639. The maximum atomic E-state index is 13.2. The smallest absolute Gasteiger partial charge is 0.395 e. The predicted octanol–water partition coefficient (Wildman–Crippen LogP) is 1.09. The summed E-state index contributed by atoms with van der Waals surface area (Å²) < 4.78 is 66.6. The second-order valence-corrected chi connectivity index (χ2v) is 7.22. The third-order valence-electron chi connectivity index (χ3n) is 3.47. The van der Waals surface area contributed by atoms with Crippen molar-refractivity contribution in [2.24, 2.45) is 0 Å². The number of anilines is 2. The number of halogens is 3. The van der Waals surface area contributed by atoms with Crippen molar-refractivity contribution < 1.29 is 26.7 Å². The summed E-state index contributed by atoms with van der Waals surface area (Å²) in [5.41, 5.74) is -0.821. The average molecular weight is 429 g/mol. The van der Waals surface area contributed by atoms with Gasteiger partial charge in [0.1, 0.15) is 5.56 Å². The molecule has 3 aromatic rings. The van der Waals surface area contributed by atoms with E-state index < -0.39 is 27.6 Å². The van der Waals surface area contributed by atoms with Crippen molar-refractivity contribution in [2.75, 3.05) is 18.5 Å². The highest BCUT2D eigenvalue weighted by molar-refractivity contribution is 7.89. The molecule has 0 aliphatic carbocycles. The Balaban J connectivity index is 1.86. The SMILES string of the molecule is O=S(=O)(NCCO)c1ccc(Nc2ncc(C(F)(F)F)c(-n3cccn3)n2)cn1. The Morgan fingerprint density at radius 1 is 1.17 bits per heavy atom. The van der Waals surface area contributed by atoms with Gasteiger partial charge in [-0.15, -0.1) is 0 Å². The number of hydrogen-bond donors (Lipinski definition) is 3. The van der Waals surface area contributed by atoms with Crippen LogP contribution in [0.2, 0.25) is 0 Å². The van der Waals surface area contributed by atoms with Crippen molar-refractivity contribution in [3.05, 3.63) is 48.5 Å². The molecule has 0 spiro atoms. The molecule has 3 heterocycles. The van der Waals surface area contributed by atoms with E-state index in [0.717, 1.165) is 10.9 Å². The molecule has 0 aliphatic rings. The number of aliphatic hydroxyl groups excluding tert-OH is 1. The minimum absolute atomic E-state index is 0.167. The van der Waals surface area contributed by atoms with E-state index in [9.17, 15) is 21.6 Å². The zero-order chi connectivity index (χ0) is 21.1. The summed E-state index contributed by atoms with van der Waals surface area (Å²) in [6.45, 7) is -0.539. The Bertz CT molecular complexity index is 1070. The van der Waals surface area contributed by atoms with Gasteiger partial charge < -0.3 is 10.4 Å². The first-order valence-corrected chi connectivity index (χ1v) is 9.47. The molecule has 29 heavy (non-hydrogen) atoms. The summed E-state index contributed by atoms with van der Waals surface area (Å²) in [6, 6.07) is 3.97. The predicted molar refractivity (Wildman–Crippen MR) is 93.9 cm³/mol. The lowest BCUT2D eigenvalue weighted by Crippen LogP contribution is -2.27. The van der Waals surface area contributed by atoms with E-state index in [1.54, 1.807) is 0 Å². The van der Waals surface area contributed by atoms with Gasteiger partial charge in [0.2, 0.25) is 5.95 Å². The monoisotopic (exact) mass is 429 g/mol. The molecule has 0 unspecified atom stereocenters. The van der Waals surface area contributed by atoms with E-state index in [1.807, 2.05) is 0 Å². The minimum Gasteiger partial charge on any atom is -0.395 e. The number of nitrogens with one attached hydrogen (secondary N) is 2. The molecule has 3 rings (SSSR count). The molecule has 154 valence electrons. The number of pyridine rings is 1. The van der Waals surface area contributed by atoms with Crippen LogP contribution in [0.1, 0.15) is 5.56 Å². The number of aliphatic hydroxyl groups is 1. The first-order chi connectivity index (χ1) is 13.7. The van der Waals surface area contributed by atoms with Gasteiger partial charge in [-0.05, 0) is 18.2 Å². The molecule has 3 N–H and O–H groups in total. The van der Waals surface area contributed by atoms with Crippen molar-refractivity contribution >= 4 is 21.7 Å². The van der Waals surface area contributed by atoms with Crippen LogP contribution in [0.4, 0.5) is 24.8 Å². The van der Waals surface area contributed by atoms with Crippen LogP contribution in [0.3, 0.4) is 0 Å². The molecule has 10 nitrogen and oxygen atoms in total. The topological polar surface area (TPSA) is 135 Å². The molecule has 0 aromatic carbocycles.